The molecule has 5 heterocycles. The number of aliphatic carboxylic acids is 1. The third kappa shape index (κ3) is 3.92. The van der Waals surface area contributed by atoms with Crippen molar-refractivity contribution in [2.75, 3.05) is 6.61 Å². The molecular weight excluding hydrogens is 421 g/mol. The number of fused-ring (bicyclic) bond motifs is 6. The average molecular weight is 446 g/mol. The van der Waals surface area contributed by atoms with Gasteiger partial charge in [-0.1, -0.05) is 0 Å². The number of hydrogen-bond acceptors (Lipinski definition) is 7. The van der Waals surface area contributed by atoms with Gasteiger partial charge in [0.2, 0.25) is 5.69 Å². The smallest absolute Gasteiger partial charge is 0.430 e. The topological polar surface area (TPSA) is 93.8 Å². The summed E-state index contributed by atoms with van der Waals surface area (Å²) >= 11 is 0. The van der Waals surface area contributed by atoms with Crippen molar-refractivity contribution in [3.8, 4) is 0 Å². The zero-order valence-corrected chi connectivity index (χ0v) is 17.6. The first-order valence-electron chi connectivity index (χ1n) is 10.1. The van der Waals surface area contributed by atoms with Crippen LogP contribution in [0.25, 0.3) is 0 Å². The van der Waals surface area contributed by atoms with Crippen molar-refractivity contribution in [1.29, 1.82) is 0 Å². The van der Waals surface area contributed by atoms with E-state index in [1.165, 1.54) is 5.69 Å². The Hall–Kier alpha value is -1.82. The molecule has 1 aromatic heterocycles. The zero-order valence-electron chi connectivity index (χ0n) is 17.6. The molecule has 11 heteroatoms. The third-order valence-corrected chi connectivity index (χ3v) is 6.47. The SMILES string of the molecule is CC1(C)O[C@H]2O[C@@H]3[C@H]4Cc5cncc[n+]5C(C)(C)[C@@H]4CO[C@@H]3[C@H]2O1.O=C([O-])C(F)(F)F. The van der Waals surface area contributed by atoms with Crippen LogP contribution in [0.2, 0.25) is 0 Å². The molecule has 0 bridgehead atoms. The Labute approximate surface area is 177 Å². The predicted octanol–water partition coefficient (Wildman–Crippen LogP) is 0.467. The molecule has 4 aliphatic rings. The van der Waals surface area contributed by atoms with Gasteiger partial charge >= 0.3 is 6.18 Å². The van der Waals surface area contributed by atoms with Gasteiger partial charge in [-0.25, -0.2) is 0 Å². The van der Waals surface area contributed by atoms with Crippen LogP contribution in [0, 0.1) is 11.8 Å². The van der Waals surface area contributed by atoms with Gasteiger partial charge in [0.05, 0.1) is 31.0 Å². The Morgan fingerprint density at radius 3 is 2.52 bits per heavy atom. The highest BCUT2D eigenvalue weighted by molar-refractivity contribution is 5.70. The molecule has 0 amide bonds. The summed E-state index contributed by atoms with van der Waals surface area (Å²) in [6, 6.07) is 0. The second kappa shape index (κ2) is 7.36. The minimum atomic E-state index is -5.19. The lowest BCUT2D eigenvalue weighted by Gasteiger charge is -2.46. The maximum atomic E-state index is 10.5. The minimum Gasteiger partial charge on any atom is -0.542 e. The molecular formula is C20H25F3N2O6. The van der Waals surface area contributed by atoms with E-state index in [2.05, 4.69) is 29.6 Å². The van der Waals surface area contributed by atoms with Crippen LogP contribution in [0.4, 0.5) is 13.2 Å². The number of nitrogens with zero attached hydrogens (tertiary/aromatic N) is 2. The fraction of sp³-hybridized carbons (Fsp3) is 0.750. The van der Waals surface area contributed by atoms with E-state index in [1.807, 2.05) is 26.2 Å². The van der Waals surface area contributed by atoms with Gasteiger partial charge in [0.25, 0.3) is 0 Å². The number of aromatic nitrogens is 2. The van der Waals surface area contributed by atoms with Crippen molar-refractivity contribution < 1.29 is 46.6 Å². The van der Waals surface area contributed by atoms with Crippen molar-refractivity contribution in [2.24, 2.45) is 11.8 Å². The summed E-state index contributed by atoms with van der Waals surface area (Å²) < 4.78 is 58.4. The first-order chi connectivity index (χ1) is 14.3. The molecule has 0 aromatic carbocycles. The standard InChI is InChI=1S/C18H25N2O4.C2HF3O2/c1-17(2)12-9-21-14-13(22-16-15(14)23-18(3,4)24-16)11(12)7-10-8-19-5-6-20(10)17;3-2(4,5)1(6)7/h5-6,8,11-16H,7,9H2,1-4H3;(H,6,7)/q+1;/p-1/t11-,12+,13+,14-,15+,16+;/m0./s1. The maximum absolute atomic E-state index is 10.5. The Balaban J connectivity index is 0.000000289. The van der Waals surface area contributed by atoms with Crippen LogP contribution in [0.3, 0.4) is 0 Å². The van der Waals surface area contributed by atoms with Gasteiger partial charge in [0, 0.05) is 26.2 Å². The highest BCUT2D eigenvalue weighted by Crippen LogP contribution is 2.48. The monoisotopic (exact) mass is 446 g/mol. The van der Waals surface area contributed by atoms with Gasteiger partial charge in [-0.3, -0.25) is 4.98 Å². The van der Waals surface area contributed by atoms with E-state index < -0.39 is 17.9 Å². The van der Waals surface area contributed by atoms with Crippen LogP contribution in [-0.2, 0) is 35.7 Å². The van der Waals surface area contributed by atoms with Crippen molar-refractivity contribution in [2.45, 2.75) is 76.2 Å². The summed E-state index contributed by atoms with van der Waals surface area (Å²) in [4.78, 5) is 13.1. The second-order valence-corrected chi connectivity index (χ2v) is 9.22. The lowest BCUT2D eigenvalue weighted by molar-refractivity contribution is -0.782. The fourth-order valence-corrected chi connectivity index (χ4v) is 5.12. The van der Waals surface area contributed by atoms with Gasteiger partial charge in [0.1, 0.15) is 18.2 Å². The molecule has 172 valence electrons. The van der Waals surface area contributed by atoms with Crippen molar-refractivity contribution in [3.05, 3.63) is 24.3 Å². The van der Waals surface area contributed by atoms with Crippen LogP contribution in [0.1, 0.15) is 33.4 Å². The molecule has 0 saturated carbocycles. The molecule has 0 spiro atoms. The normalized spacial score (nSPS) is 36.9. The zero-order chi connectivity index (χ0) is 22.8. The van der Waals surface area contributed by atoms with Crippen molar-refractivity contribution in [1.82, 2.24) is 4.98 Å². The van der Waals surface area contributed by atoms with Crippen LogP contribution in [0.15, 0.2) is 18.6 Å². The Kier molecular flexibility index (Phi) is 5.31. The number of halogens is 3. The first-order valence-corrected chi connectivity index (χ1v) is 10.1. The van der Waals surface area contributed by atoms with Crippen LogP contribution in [-0.4, -0.2) is 54.1 Å². The molecule has 3 saturated heterocycles. The molecule has 31 heavy (non-hydrogen) atoms. The molecule has 0 unspecified atom stereocenters. The summed E-state index contributed by atoms with van der Waals surface area (Å²) in [6.07, 6.45) is 1.20. The Morgan fingerprint density at radius 1 is 1.19 bits per heavy atom. The van der Waals surface area contributed by atoms with Crippen LogP contribution in [0.5, 0.6) is 0 Å². The summed E-state index contributed by atoms with van der Waals surface area (Å²) in [6.45, 7) is 9.14. The molecule has 3 fully saturated rings. The first kappa shape index (κ1) is 22.4. The van der Waals surface area contributed by atoms with Crippen molar-refractivity contribution >= 4 is 5.97 Å². The number of carbonyl (C=O) groups is 1. The molecule has 6 atom stereocenters. The Bertz CT molecular complexity index is 862. The molecule has 4 aliphatic heterocycles. The lowest BCUT2D eigenvalue weighted by Crippen LogP contribution is -2.68. The Morgan fingerprint density at radius 2 is 1.87 bits per heavy atom. The summed E-state index contributed by atoms with van der Waals surface area (Å²) in [5.41, 5.74) is 1.22. The quantitative estimate of drug-likeness (QED) is 0.535. The molecule has 0 N–H and O–H groups in total. The van der Waals surface area contributed by atoms with E-state index in [0.29, 0.717) is 11.8 Å². The number of rotatable bonds is 0. The molecule has 0 aliphatic carbocycles. The highest BCUT2D eigenvalue weighted by atomic mass is 19.4. The van der Waals surface area contributed by atoms with Gasteiger partial charge in [-0.15, -0.1) is 0 Å². The van der Waals surface area contributed by atoms with Crippen LogP contribution < -0.4 is 9.67 Å². The van der Waals surface area contributed by atoms with Gasteiger partial charge in [-0.2, -0.15) is 17.7 Å². The molecule has 8 nitrogen and oxygen atoms in total. The minimum absolute atomic E-state index is 0.0167. The maximum Gasteiger partial charge on any atom is 0.430 e. The molecule has 1 aromatic rings. The predicted molar refractivity (Wildman–Crippen MR) is 93.9 cm³/mol. The number of alkyl halides is 3. The van der Waals surface area contributed by atoms with E-state index >= 15 is 0 Å². The number of ether oxygens (including phenoxy) is 4. The second-order valence-electron chi connectivity index (χ2n) is 9.22. The summed E-state index contributed by atoms with van der Waals surface area (Å²) in [7, 11) is 0. The average Bonchev–Trinajstić information content (AvgIpc) is 3.13. The number of carboxylic acid groups (broad SMARTS) is 1. The van der Waals surface area contributed by atoms with Gasteiger partial charge < -0.3 is 28.8 Å². The molecule has 5 rings (SSSR count). The van der Waals surface area contributed by atoms with Crippen molar-refractivity contribution in [3.63, 3.8) is 0 Å². The van der Waals surface area contributed by atoms with E-state index in [1.54, 1.807) is 0 Å². The number of carbonyl (C=O) groups excluding carboxylic acids is 1. The number of carboxylic acids is 1. The highest BCUT2D eigenvalue weighted by Gasteiger charge is 2.63. The number of hydrogen-bond donors (Lipinski definition) is 0. The fourth-order valence-electron chi connectivity index (χ4n) is 5.12. The van der Waals surface area contributed by atoms with E-state index in [-0.39, 0.29) is 30.1 Å². The van der Waals surface area contributed by atoms with E-state index in [0.717, 1.165) is 13.0 Å². The van der Waals surface area contributed by atoms with Gasteiger partial charge in [0.15, 0.2) is 23.8 Å². The van der Waals surface area contributed by atoms with Crippen LogP contribution >= 0.6 is 0 Å². The van der Waals surface area contributed by atoms with E-state index in [4.69, 9.17) is 28.8 Å². The van der Waals surface area contributed by atoms with Gasteiger partial charge in [-0.05, 0) is 13.8 Å². The summed E-state index contributed by atoms with van der Waals surface area (Å²) in [5.74, 6) is -2.82. The molecule has 0 radical (unpaired) electrons. The lowest BCUT2D eigenvalue weighted by atomic mass is 9.68. The largest absolute Gasteiger partial charge is 0.542 e. The summed E-state index contributed by atoms with van der Waals surface area (Å²) in [5, 5.41) is 8.78. The van der Waals surface area contributed by atoms with E-state index in [9.17, 15) is 13.2 Å². The third-order valence-electron chi connectivity index (χ3n) is 6.47.